The van der Waals surface area contributed by atoms with Crippen molar-refractivity contribution in [2.75, 3.05) is 11.9 Å². The summed E-state index contributed by atoms with van der Waals surface area (Å²) in [5.41, 5.74) is 0.467. The van der Waals surface area contributed by atoms with Crippen molar-refractivity contribution < 1.29 is 31.5 Å². The number of amides is 1. The van der Waals surface area contributed by atoms with Crippen LogP contribution < -0.4 is 10.1 Å². The molecule has 0 saturated carbocycles. The summed E-state index contributed by atoms with van der Waals surface area (Å²) in [6, 6.07) is 10.6. The number of nitrogens with one attached hydrogen (secondary N) is 2. The maximum atomic E-state index is 13.6. The molecule has 0 radical (unpaired) electrons. The first-order valence-corrected chi connectivity index (χ1v) is 12.5. The number of H-pyrrole nitrogens is 1. The number of halogens is 3. The van der Waals surface area contributed by atoms with Crippen molar-refractivity contribution in [1.82, 2.24) is 9.97 Å². The summed E-state index contributed by atoms with van der Waals surface area (Å²) in [6.07, 6.45) is 2.72. The van der Waals surface area contributed by atoms with E-state index in [1.807, 2.05) is 0 Å². The van der Waals surface area contributed by atoms with Crippen molar-refractivity contribution in [3.05, 3.63) is 100 Å². The number of rotatable bonds is 8. The number of sulfone groups is 1. The SMILES string of the molecule is Cc1cc(S(=O)(=O)c2ncc[nH]2)ccc1NC(=O)COc1ccc(Cl)cc1C(=O)c1cc(F)cc(F)c1. The molecular formula is C25H18ClF2N3O5S. The van der Waals surface area contributed by atoms with Gasteiger partial charge in [0.2, 0.25) is 15.0 Å². The van der Waals surface area contributed by atoms with E-state index in [4.69, 9.17) is 16.3 Å². The van der Waals surface area contributed by atoms with E-state index in [-0.39, 0.29) is 32.0 Å². The second-order valence-corrected chi connectivity index (χ2v) is 10.1. The normalized spacial score (nSPS) is 11.2. The molecular weight excluding hydrogens is 528 g/mol. The average molecular weight is 546 g/mol. The van der Waals surface area contributed by atoms with E-state index in [0.29, 0.717) is 17.3 Å². The molecule has 1 heterocycles. The standard InChI is InChI=1S/C25H18ClF2N3O5S/c1-14-8-19(37(34,35)25-29-6-7-30-25)3-4-21(14)31-23(32)13-36-22-5-2-16(26)11-20(22)24(33)15-9-17(27)12-18(28)10-15/h2-12H,13H2,1H3,(H,29,30)(H,31,32). The van der Waals surface area contributed by atoms with Gasteiger partial charge in [0.1, 0.15) is 17.4 Å². The number of hydrogen-bond acceptors (Lipinski definition) is 6. The van der Waals surface area contributed by atoms with Crippen LogP contribution in [0.2, 0.25) is 5.02 Å². The minimum absolute atomic E-state index is 0.00713. The van der Waals surface area contributed by atoms with Crippen LogP contribution in [0.25, 0.3) is 0 Å². The Morgan fingerprint density at radius 2 is 1.78 bits per heavy atom. The third-order valence-electron chi connectivity index (χ3n) is 5.18. The van der Waals surface area contributed by atoms with Gasteiger partial charge in [-0.2, -0.15) is 0 Å². The average Bonchev–Trinajstić information content (AvgIpc) is 3.39. The van der Waals surface area contributed by atoms with Crippen LogP contribution in [0.3, 0.4) is 0 Å². The van der Waals surface area contributed by atoms with Gasteiger partial charge in [0.05, 0.1) is 10.5 Å². The minimum atomic E-state index is -3.85. The Bertz CT molecular complexity index is 1590. The zero-order chi connectivity index (χ0) is 26.7. The van der Waals surface area contributed by atoms with Crippen LogP contribution in [0, 0.1) is 18.6 Å². The number of carbonyl (C=O) groups excluding carboxylic acids is 2. The number of nitrogens with zero attached hydrogens (tertiary/aromatic N) is 1. The van der Waals surface area contributed by atoms with E-state index in [9.17, 15) is 26.8 Å². The van der Waals surface area contributed by atoms with Crippen molar-refractivity contribution in [1.29, 1.82) is 0 Å². The number of anilines is 1. The predicted molar refractivity (Wildman–Crippen MR) is 131 cm³/mol. The molecule has 1 aromatic heterocycles. The number of carbonyl (C=O) groups is 2. The molecule has 0 atom stereocenters. The van der Waals surface area contributed by atoms with Crippen LogP contribution in [-0.4, -0.2) is 36.7 Å². The largest absolute Gasteiger partial charge is 0.483 e. The molecule has 0 unspecified atom stereocenters. The number of ether oxygens (including phenoxy) is 1. The molecule has 8 nitrogen and oxygen atoms in total. The number of benzene rings is 3. The fourth-order valence-corrected chi connectivity index (χ4v) is 4.83. The van der Waals surface area contributed by atoms with Crippen molar-refractivity contribution in [2.24, 2.45) is 0 Å². The Balaban J connectivity index is 1.48. The Morgan fingerprint density at radius 1 is 1.05 bits per heavy atom. The van der Waals surface area contributed by atoms with Crippen molar-refractivity contribution in [2.45, 2.75) is 17.0 Å². The molecule has 4 aromatic rings. The number of aromatic amines is 1. The lowest BCUT2D eigenvalue weighted by Gasteiger charge is -2.13. The number of aromatic nitrogens is 2. The molecule has 12 heteroatoms. The second-order valence-electron chi connectivity index (χ2n) is 7.84. The van der Waals surface area contributed by atoms with Gasteiger partial charge in [-0.05, 0) is 61.0 Å². The number of hydrogen-bond donors (Lipinski definition) is 2. The van der Waals surface area contributed by atoms with Gasteiger partial charge in [0.25, 0.3) is 5.91 Å². The molecule has 0 saturated heterocycles. The molecule has 3 aromatic carbocycles. The minimum Gasteiger partial charge on any atom is -0.483 e. The van der Waals surface area contributed by atoms with Crippen LogP contribution in [0.15, 0.2) is 77.0 Å². The molecule has 0 fully saturated rings. The first kappa shape index (κ1) is 26.0. The van der Waals surface area contributed by atoms with Gasteiger partial charge >= 0.3 is 0 Å². The fourth-order valence-electron chi connectivity index (χ4n) is 3.43. The van der Waals surface area contributed by atoms with E-state index in [0.717, 1.165) is 12.1 Å². The maximum Gasteiger partial charge on any atom is 0.262 e. The van der Waals surface area contributed by atoms with Gasteiger partial charge in [-0.25, -0.2) is 22.2 Å². The van der Waals surface area contributed by atoms with E-state index in [2.05, 4.69) is 15.3 Å². The summed E-state index contributed by atoms with van der Waals surface area (Å²) in [4.78, 5) is 31.7. The lowest BCUT2D eigenvalue weighted by atomic mass is 10.0. The zero-order valence-electron chi connectivity index (χ0n) is 19.1. The lowest BCUT2D eigenvalue weighted by molar-refractivity contribution is -0.118. The first-order valence-electron chi connectivity index (χ1n) is 10.6. The number of ketones is 1. The summed E-state index contributed by atoms with van der Waals surface area (Å²) in [7, 11) is -3.85. The zero-order valence-corrected chi connectivity index (χ0v) is 20.7. The summed E-state index contributed by atoms with van der Waals surface area (Å²) < 4.78 is 57.9. The Hall–Kier alpha value is -4.09. The highest BCUT2D eigenvalue weighted by molar-refractivity contribution is 7.91. The number of aryl methyl sites for hydroxylation is 1. The fraction of sp³-hybridized carbons (Fsp3) is 0.0800. The van der Waals surface area contributed by atoms with E-state index in [1.54, 1.807) is 6.92 Å². The lowest BCUT2D eigenvalue weighted by Crippen LogP contribution is -2.21. The van der Waals surface area contributed by atoms with Gasteiger partial charge in [-0.1, -0.05) is 11.6 Å². The van der Waals surface area contributed by atoms with Gasteiger partial charge < -0.3 is 15.0 Å². The smallest absolute Gasteiger partial charge is 0.262 e. The highest BCUT2D eigenvalue weighted by Crippen LogP contribution is 2.27. The van der Waals surface area contributed by atoms with Gasteiger partial charge in [-0.3, -0.25) is 9.59 Å². The van der Waals surface area contributed by atoms with Crippen molar-refractivity contribution >= 4 is 38.8 Å². The van der Waals surface area contributed by atoms with E-state index in [1.165, 1.54) is 48.8 Å². The summed E-state index contributed by atoms with van der Waals surface area (Å²) >= 11 is 5.99. The van der Waals surface area contributed by atoms with E-state index >= 15 is 0 Å². The second kappa shape index (κ2) is 10.5. The molecule has 0 bridgehead atoms. The predicted octanol–water partition coefficient (Wildman–Crippen LogP) is 4.73. The highest BCUT2D eigenvalue weighted by atomic mass is 35.5. The van der Waals surface area contributed by atoms with Crippen LogP contribution in [0.4, 0.5) is 14.5 Å². The monoisotopic (exact) mass is 545 g/mol. The maximum absolute atomic E-state index is 13.6. The third kappa shape index (κ3) is 5.84. The molecule has 0 aliphatic rings. The Morgan fingerprint density at radius 3 is 2.43 bits per heavy atom. The molecule has 2 N–H and O–H groups in total. The first-order chi connectivity index (χ1) is 17.5. The topological polar surface area (TPSA) is 118 Å². The van der Waals surface area contributed by atoms with Crippen LogP contribution in [-0.2, 0) is 14.6 Å². The Kier molecular flexibility index (Phi) is 7.37. The van der Waals surface area contributed by atoms with Gasteiger partial charge in [-0.15, -0.1) is 0 Å². The highest BCUT2D eigenvalue weighted by Gasteiger charge is 2.22. The third-order valence-corrected chi connectivity index (χ3v) is 7.02. The van der Waals surface area contributed by atoms with Crippen molar-refractivity contribution in [3.63, 3.8) is 0 Å². The van der Waals surface area contributed by atoms with Gasteiger partial charge in [0.15, 0.2) is 12.4 Å². The molecule has 0 aliphatic carbocycles. The summed E-state index contributed by atoms with van der Waals surface area (Å²) in [5.74, 6) is -3.22. The number of imidazole rings is 1. The molecule has 37 heavy (non-hydrogen) atoms. The van der Waals surface area contributed by atoms with Crippen LogP contribution in [0.5, 0.6) is 5.75 Å². The van der Waals surface area contributed by atoms with Crippen LogP contribution in [0.1, 0.15) is 21.5 Å². The summed E-state index contributed by atoms with van der Waals surface area (Å²) in [6.45, 7) is 1.09. The van der Waals surface area contributed by atoms with Gasteiger partial charge in [0, 0.05) is 34.7 Å². The van der Waals surface area contributed by atoms with Crippen molar-refractivity contribution in [3.8, 4) is 5.75 Å². The van der Waals surface area contributed by atoms with Crippen LogP contribution >= 0.6 is 11.6 Å². The molecule has 0 aliphatic heterocycles. The molecule has 1 amide bonds. The Labute approximate surface area is 215 Å². The van der Waals surface area contributed by atoms with E-state index < -0.39 is 39.8 Å². The quantitative estimate of drug-likeness (QED) is 0.309. The molecule has 4 rings (SSSR count). The summed E-state index contributed by atoms with van der Waals surface area (Å²) in [5, 5.41) is 2.58. The molecule has 0 spiro atoms. The molecule has 190 valence electrons.